The lowest BCUT2D eigenvalue weighted by atomic mass is 9.86. The Morgan fingerprint density at radius 3 is 3.00 bits per heavy atom. The van der Waals surface area contributed by atoms with Crippen LogP contribution in [0.25, 0.3) is 0 Å². The zero-order valence-electron chi connectivity index (χ0n) is 7.24. The number of hydrogen-bond donors (Lipinski definition) is 0. The van der Waals surface area contributed by atoms with E-state index in [4.69, 9.17) is 16.3 Å². The number of rotatable bonds is 3. The molecule has 1 aromatic rings. The summed E-state index contributed by atoms with van der Waals surface area (Å²) in [4.78, 5) is 0. The van der Waals surface area contributed by atoms with E-state index in [2.05, 4.69) is 10.2 Å². The smallest absolute Gasteiger partial charge is 0.155 e. The molecule has 0 aromatic carbocycles. The van der Waals surface area contributed by atoms with E-state index in [9.17, 15) is 0 Å². The maximum Gasteiger partial charge on any atom is 0.155 e. The molecule has 2 rings (SSSR count). The van der Waals surface area contributed by atoms with Crippen molar-refractivity contribution in [1.82, 2.24) is 10.2 Å². The number of halogens is 1. The van der Waals surface area contributed by atoms with Gasteiger partial charge in [-0.05, 0) is 18.8 Å². The highest BCUT2D eigenvalue weighted by Crippen LogP contribution is 2.27. The van der Waals surface area contributed by atoms with E-state index in [1.807, 2.05) is 0 Å². The summed E-state index contributed by atoms with van der Waals surface area (Å²) >= 11 is 5.65. The van der Waals surface area contributed by atoms with Crippen molar-refractivity contribution in [3.8, 4) is 5.75 Å². The van der Waals surface area contributed by atoms with Crippen molar-refractivity contribution in [3.05, 3.63) is 17.4 Å². The minimum atomic E-state index is 0.381. The Kier molecular flexibility index (Phi) is 2.64. The van der Waals surface area contributed by atoms with Gasteiger partial charge < -0.3 is 4.74 Å². The van der Waals surface area contributed by atoms with Crippen molar-refractivity contribution in [2.45, 2.75) is 19.3 Å². The summed E-state index contributed by atoms with van der Waals surface area (Å²) in [6, 6.07) is 1.69. The van der Waals surface area contributed by atoms with Crippen molar-refractivity contribution in [2.75, 3.05) is 6.61 Å². The molecule has 0 aliphatic heterocycles. The van der Waals surface area contributed by atoms with Gasteiger partial charge in [-0.1, -0.05) is 18.0 Å². The Labute approximate surface area is 82.1 Å². The van der Waals surface area contributed by atoms with Gasteiger partial charge in [-0.3, -0.25) is 0 Å². The van der Waals surface area contributed by atoms with Gasteiger partial charge in [0.05, 0.1) is 12.8 Å². The maximum absolute atomic E-state index is 5.65. The van der Waals surface area contributed by atoms with Gasteiger partial charge in [0.1, 0.15) is 5.75 Å². The molecule has 1 heterocycles. The zero-order chi connectivity index (χ0) is 9.10. The summed E-state index contributed by atoms with van der Waals surface area (Å²) < 4.78 is 5.50. The lowest BCUT2D eigenvalue weighted by Crippen LogP contribution is -2.19. The molecule has 0 amide bonds. The predicted octanol–water partition coefficient (Wildman–Crippen LogP) is 2.31. The Bertz CT molecular complexity index is 289. The molecule has 0 radical (unpaired) electrons. The van der Waals surface area contributed by atoms with Crippen LogP contribution in [-0.2, 0) is 0 Å². The van der Waals surface area contributed by atoms with Crippen molar-refractivity contribution in [1.29, 1.82) is 0 Å². The first-order chi connectivity index (χ1) is 6.34. The third-order valence-electron chi connectivity index (χ3n) is 2.31. The van der Waals surface area contributed by atoms with E-state index in [-0.39, 0.29) is 0 Å². The Morgan fingerprint density at radius 1 is 1.54 bits per heavy atom. The standard InChI is InChI=1S/C9H11ClN2O/c10-9-4-8(5-11-12-9)13-6-7-2-1-3-7/h4-5,7H,1-3,6H2. The average Bonchev–Trinajstić information content (AvgIpc) is 2.01. The highest BCUT2D eigenvalue weighted by atomic mass is 35.5. The van der Waals surface area contributed by atoms with E-state index in [0.29, 0.717) is 10.9 Å². The van der Waals surface area contributed by atoms with Crippen molar-refractivity contribution >= 4 is 11.6 Å². The van der Waals surface area contributed by atoms with Crippen LogP contribution < -0.4 is 4.74 Å². The van der Waals surface area contributed by atoms with Crippen molar-refractivity contribution < 1.29 is 4.74 Å². The molecular formula is C9H11ClN2O. The van der Waals surface area contributed by atoms with Crippen LogP contribution in [-0.4, -0.2) is 16.8 Å². The summed E-state index contributed by atoms with van der Waals surface area (Å²) in [5, 5.41) is 7.72. The van der Waals surface area contributed by atoms with E-state index in [0.717, 1.165) is 12.5 Å². The molecule has 0 N–H and O–H groups in total. The minimum absolute atomic E-state index is 0.381. The number of aromatic nitrogens is 2. The molecule has 1 saturated carbocycles. The lowest BCUT2D eigenvalue weighted by Gasteiger charge is -2.24. The predicted molar refractivity (Wildman–Crippen MR) is 49.9 cm³/mol. The summed E-state index contributed by atoms with van der Waals surface area (Å²) in [7, 11) is 0. The van der Waals surface area contributed by atoms with Gasteiger partial charge in [0, 0.05) is 6.07 Å². The van der Waals surface area contributed by atoms with Crippen LogP contribution in [0.4, 0.5) is 0 Å². The lowest BCUT2D eigenvalue weighted by molar-refractivity contribution is 0.180. The Hall–Kier alpha value is -0.830. The van der Waals surface area contributed by atoms with Gasteiger partial charge in [-0.25, -0.2) is 0 Å². The normalized spacial score (nSPS) is 16.7. The zero-order valence-corrected chi connectivity index (χ0v) is 8.00. The van der Waals surface area contributed by atoms with Gasteiger partial charge >= 0.3 is 0 Å². The molecule has 13 heavy (non-hydrogen) atoms. The quantitative estimate of drug-likeness (QED) is 0.748. The number of hydrogen-bond acceptors (Lipinski definition) is 3. The molecule has 0 bridgehead atoms. The second kappa shape index (κ2) is 3.92. The molecule has 1 aliphatic carbocycles. The summed E-state index contributed by atoms with van der Waals surface area (Å²) in [6.45, 7) is 0.780. The number of ether oxygens (including phenoxy) is 1. The maximum atomic E-state index is 5.65. The minimum Gasteiger partial charge on any atom is -0.492 e. The molecule has 0 saturated heterocycles. The largest absolute Gasteiger partial charge is 0.492 e. The summed E-state index contributed by atoms with van der Waals surface area (Å²) in [5.74, 6) is 1.44. The van der Waals surface area contributed by atoms with Crippen LogP contribution in [0, 0.1) is 5.92 Å². The van der Waals surface area contributed by atoms with Gasteiger partial charge in [0.15, 0.2) is 5.15 Å². The Morgan fingerprint density at radius 2 is 2.38 bits per heavy atom. The third kappa shape index (κ3) is 2.31. The Balaban J connectivity index is 1.86. The second-order valence-electron chi connectivity index (χ2n) is 3.32. The molecule has 0 spiro atoms. The SMILES string of the molecule is Clc1cc(OCC2CCC2)cnn1. The fourth-order valence-corrected chi connectivity index (χ4v) is 1.43. The van der Waals surface area contributed by atoms with E-state index >= 15 is 0 Å². The van der Waals surface area contributed by atoms with E-state index in [1.54, 1.807) is 12.3 Å². The first-order valence-electron chi connectivity index (χ1n) is 4.45. The summed E-state index contributed by atoms with van der Waals surface area (Å²) in [6.07, 6.45) is 5.49. The highest BCUT2D eigenvalue weighted by Gasteiger charge is 2.17. The van der Waals surface area contributed by atoms with Crippen LogP contribution in [0.2, 0.25) is 5.15 Å². The number of nitrogens with zero attached hydrogens (tertiary/aromatic N) is 2. The van der Waals surface area contributed by atoms with Crippen LogP contribution in [0.3, 0.4) is 0 Å². The first-order valence-corrected chi connectivity index (χ1v) is 4.83. The van der Waals surface area contributed by atoms with Gasteiger partial charge in [0.25, 0.3) is 0 Å². The second-order valence-corrected chi connectivity index (χ2v) is 3.71. The van der Waals surface area contributed by atoms with Crippen LogP contribution in [0.15, 0.2) is 12.3 Å². The van der Waals surface area contributed by atoms with Crippen LogP contribution in [0.1, 0.15) is 19.3 Å². The van der Waals surface area contributed by atoms with Gasteiger partial charge in [-0.2, -0.15) is 5.10 Å². The van der Waals surface area contributed by atoms with Crippen molar-refractivity contribution in [2.24, 2.45) is 5.92 Å². The molecule has 1 aromatic heterocycles. The molecule has 1 fully saturated rings. The average molecular weight is 199 g/mol. The topological polar surface area (TPSA) is 35.0 Å². The first kappa shape index (κ1) is 8.75. The van der Waals surface area contributed by atoms with Gasteiger partial charge in [0.2, 0.25) is 0 Å². The molecule has 3 nitrogen and oxygen atoms in total. The molecule has 0 unspecified atom stereocenters. The fraction of sp³-hybridized carbons (Fsp3) is 0.556. The molecular weight excluding hydrogens is 188 g/mol. The molecule has 0 atom stereocenters. The van der Waals surface area contributed by atoms with Crippen LogP contribution in [0.5, 0.6) is 5.75 Å². The molecule has 1 aliphatic rings. The fourth-order valence-electron chi connectivity index (χ4n) is 1.28. The molecule has 4 heteroatoms. The monoisotopic (exact) mass is 198 g/mol. The van der Waals surface area contributed by atoms with E-state index in [1.165, 1.54) is 19.3 Å². The van der Waals surface area contributed by atoms with E-state index < -0.39 is 0 Å². The van der Waals surface area contributed by atoms with Crippen LogP contribution >= 0.6 is 11.6 Å². The van der Waals surface area contributed by atoms with Gasteiger partial charge in [-0.15, -0.1) is 5.10 Å². The highest BCUT2D eigenvalue weighted by molar-refractivity contribution is 6.29. The summed E-state index contributed by atoms with van der Waals surface area (Å²) in [5.41, 5.74) is 0. The third-order valence-corrected chi connectivity index (χ3v) is 2.49. The van der Waals surface area contributed by atoms with Crippen molar-refractivity contribution in [3.63, 3.8) is 0 Å². The molecule has 70 valence electrons.